The zero-order valence-electron chi connectivity index (χ0n) is 11.5. The molecule has 0 bridgehead atoms. The maximum Gasteiger partial charge on any atom is 0.305 e. The Balaban J connectivity index is 2.30. The summed E-state index contributed by atoms with van der Waals surface area (Å²) in [4.78, 5) is 11.1. The van der Waals surface area contributed by atoms with Gasteiger partial charge >= 0.3 is 5.97 Å². The van der Waals surface area contributed by atoms with Crippen LogP contribution in [-0.4, -0.2) is 23.7 Å². The number of methoxy groups -OCH3 is 1. The second-order valence-electron chi connectivity index (χ2n) is 5.21. The monoisotopic (exact) mass is 274 g/mol. The number of anilines is 1. The van der Waals surface area contributed by atoms with Crippen molar-refractivity contribution in [2.45, 2.75) is 37.6 Å². The van der Waals surface area contributed by atoms with E-state index >= 15 is 0 Å². The lowest BCUT2D eigenvalue weighted by atomic mass is 9.92. The Labute approximate surface area is 118 Å². The number of hydrogen-bond donors (Lipinski definition) is 2. The average molecular weight is 274 g/mol. The first-order valence-electron chi connectivity index (χ1n) is 6.67. The zero-order valence-corrected chi connectivity index (χ0v) is 11.5. The lowest BCUT2D eigenvalue weighted by Crippen LogP contribution is -2.37. The van der Waals surface area contributed by atoms with Gasteiger partial charge in [0.05, 0.1) is 24.8 Å². The first-order chi connectivity index (χ1) is 9.58. The third-order valence-corrected chi connectivity index (χ3v) is 3.80. The molecule has 0 aromatic heterocycles. The van der Waals surface area contributed by atoms with Gasteiger partial charge < -0.3 is 15.2 Å². The van der Waals surface area contributed by atoms with Gasteiger partial charge in [0.2, 0.25) is 0 Å². The third kappa shape index (κ3) is 3.02. The molecule has 0 atom stereocenters. The van der Waals surface area contributed by atoms with Crippen LogP contribution in [0.5, 0.6) is 5.75 Å². The molecule has 2 rings (SSSR count). The summed E-state index contributed by atoms with van der Waals surface area (Å²) in [7, 11) is 1.56. The van der Waals surface area contributed by atoms with E-state index in [2.05, 4.69) is 11.4 Å². The summed E-state index contributed by atoms with van der Waals surface area (Å²) in [6.07, 6.45) is 3.69. The van der Waals surface area contributed by atoms with Gasteiger partial charge in [-0.3, -0.25) is 4.79 Å². The first-order valence-corrected chi connectivity index (χ1v) is 6.67. The summed E-state index contributed by atoms with van der Waals surface area (Å²) in [5.41, 5.74) is 0.696. The molecule has 1 aliphatic rings. The average Bonchev–Trinajstić information content (AvgIpc) is 2.86. The summed E-state index contributed by atoms with van der Waals surface area (Å²) in [5.74, 6) is -0.171. The highest BCUT2D eigenvalue weighted by atomic mass is 16.5. The minimum atomic E-state index is -0.819. The normalized spacial score (nSPS) is 16.4. The summed E-state index contributed by atoms with van der Waals surface area (Å²) in [6.45, 7) is 0. The minimum absolute atomic E-state index is 0.0646. The molecule has 1 aromatic rings. The zero-order chi connectivity index (χ0) is 14.6. The lowest BCUT2D eigenvalue weighted by molar-refractivity contribution is -0.138. The van der Waals surface area contributed by atoms with Crippen LogP contribution in [0.4, 0.5) is 5.69 Å². The number of ether oxygens (including phenoxy) is 1. The van der Waals surface area contributed by atoms with Gasteiger partial charge in [-0.05, 0) is 25.0 Å². The summed E-state index contributed by atoms with van der Waals surface area (Å²) < 4.78 is 5.17. The molecule has 1 aliphatic carbocycles. The van der Waals surface area contributed by atoms with Gasteiger partial charge in [0.25, 0.3) is 0 Å². The number of carbonyl (C=O) groups is 1. The van der Waals surface area contributed by atoms with Crippen LogP contribution in [0, 0.1) is 11.3 Å². The minimum Gasteiger partial charge on any atom is -0.497 e. The van der Waals surface area contributed by atoms with Gasteiger partial charge in [0.15, 0.2) is 0 Å². The predicted octanol–water partition coefficient (Wildman–Crippen LogP) is 2.77. The van der Waals surface area contributed by atoms with Gasteiger partial charge in [-0.1, -0.05) is 12.8 Å². The van der Waals surface area contributed by atoms with Crippen molar-refractivity contribution in [3.05, 3.63) is 23.8 Å². The molecule has 0 spiro atoms. The number of hydrogen-bond acceptors (Lipinski definition) is 4. The van der Waals surface area contributed by atoms with Crippen molar-refractivity contribution >= 4 is 11.7 Å². The molecule has 0 heterocycles. The highest BCUT2D eigenvalue weighted by molar-refractivity contribution is 5.70. The van der Waals surface area contributed by atoms with E-state index in [4.69, 9.17) is 9.84 Å². The van der Waals surface area contributed by atoms with Crippen molar-refractivity contribution in [2.24, 2.45) is 0 Å². The quantitative estimate of drug-likeness (QED) is 0.862. The fraction of sp³-hybridized carbons (Fsp3) is 0.467. The topological polar surface area (TPSA) is 82.3 Å². The highest BCUT2D eigenvalue weighted by Gasteiger charge is 2.36. The largest absolute Gasteiger partial charge is 0.497 e. The summed E-state index contributed by atoms with van der Waals surface area (Å²) in [5, 5.41) is 21.6. The van der Waals surface area contributed by atoms with Crippen LogP contribution in [0.1, 0.15) is 37.7 Å². The molecule has 106 valence electrons. The molecule has 0 unspecified atom stereocenters. The molecule has 5 heteroatoms. The fourth-order valence-corrected chi connectivity index (χ4v) is 2.82. The van der Waals surface area contributed by atoms with Crippen molar-refractivity contribution in [1.29, 1.82) is 5.26 Å². The number of nitriles is 1. The van der Waals surface area contributed by atoms with Gasteiger partial charge in [-0.2, -0.15) is 5.26 Å². The Hall–Kier alpha value is -2.22. The van der Waals surface area contributed by atoms with E-state index in [0.717, 1.165) is 25.7 Å². The van der Waals surface area contributed by atoms with Crippen molar-refractivity contribution in [3.63, 3.8) is 0 Å². The first kappa shape index (κ1) is 14.2. The van der Waals surface area contributed by atoms with E-state index in [1.807, 2.05) is 0 Å². The Kier molecular flexibility index (Phi) is 4.14. The number of nitrogens with one attached hydrogen (secondary N) is 1. The van der Waals surface area contributed by atoms with Gasteiger partial charge in [-0.15, -0.1) is 0 Å². The van der Waals surface area contributed by atoms with E-state index in [-0.39, 0.29) is 6.42 Å². The van der Waals surface area contributed by atoms with Gasteiger partial charge in [0, 0.05) is 11.6 Å². The second-order valence-corrected chi connectivity index (χ2v) is 5.21. The van der Waals surface area contributed by atoms with Crippen molar-refractivity contribution < 1.29 is 14.6 Å². The van der Waals surface area contributed by atoms with E-state index in [0.29, 0.717) is 17.0 Å². The summed E-state index contributed by atoms with van der Waals surface area (Å²) >= 11 is 0. The van der Waals surface area contributed by atoms with Crippen molar-refractivity contribution in [3.8, 4) is 11.8 Å². The number of carboxylic acid groups (broad SMARTS) is 1. The third-order valence-electron chi connectivity index (χ3n) is 3.80. The van der Waals surface area contributed by atoms with E-state index in [1.54, 1.807) is 25.3 Å². The van der Waals surface area contributed by atoms with Crippen LogP contribution in [0.2, 0.25) is 0 Å². The van der Waals surface area contributed by atoms with Gasteiger partial charge in [-0.25, -0.2) is 0 Å². The molecule has 0 amide bonds. The van der Waals surface area contributed by atoms with Crippen LogP contribution in [0.25, 0.3) is 0 Å². The SMILES string of the molecule is COc1ccc(C#N)c(NC2(CC(=O)O)CCCC2)c1. The molecule has 1 aromatic carbocycles. The van der Waals surface area contributed by atoms with Crippen molar-refractivity contribution in [2.75, 3.05) is 12.4 Å². The number of nitrogens with zero attached hydrogens (tertiary/aromatic N) is 1. The van der Waals surface area contributed by atoms with Crippen molar-refractivity contribution in [1.82, 2.24) is 0 Å². The van der Waals surface area contributed by atoms with Crippen LogP contribution in [-0.2, 0) is 4.79 Å². The molecule has 0 saturated heterocycles. The summed E-state index contributed by atoms with van der Waals surface area (Å²) in [6, 6.07) is 7.29. The molecule has 1 saturated carbocycles. The molecular weight excluding hydrogens is 256 g/mol. The van der Waals surface area contributed by atoms with Crippen LogP contribution >= 0.6 is 0 Å². The fourth-order valence-electron chi connectivity index (χ4n) is 2.82. The molecule has 2 N–H and O–H groups in total. The Morgan fingerprint density at radius 1 is 1.50 bits per heavy atom. The maximum atomic E-state index is 11.1. The molecule has 5 nitrogen and oxygen atoms in total. The highest BCUT2D eigenvalue weighted by Crippen LogP contribution is 2.37. The van der Waals surface area contributed by atoms with E-state index in [1.165, 1.54) is 0 Å². The Morgan fingerprint density at radius 3 is 2.75 bits per heavy atom. The van der Waals surface area contributed by atoms with Crippen LogP contribution in [0.3, 0.4) is 0 Å². The second kappa shape index (κ2) is 5.83. The molecule has 0 radical (unpaired) electrons. The molecular formula is C15H18N2O3. The maximum absolute atomic E-state index is 11.1. The number of benzene rings is 1. The van der Waals surface area contributed by atoms with E-state index < -0.39 is 11.5 Å². The lowest BCUT2D eigenvalue weighted by Gasteiger charge is -2.30. The Morgan fingerprint density at radius 2 is 2.20 bits per heavy atom. The Bertz CT molecular complexity index is 543. The van der Waals surface area contributed by atoms with E-state index in [9.17, 15) is 10.1 Å². The standard InChI is InChI=1S/C15H18N2O3/c1-20-12-5-4-11(10-16)13(8-12)17-15(9-14(18)19)6-2-3-7-15/h4-5,8,17H,2-3,6-7,9H2,1H3,(H,18,19). The van der Waals surface area contributed by atoms with Crippen LogP contribution < -0.4 is 10.1 Å². The molecule has 0 aliphatic heterocycles. The van der Waals surface area contributed by atoms with Gasteiger partial charge in [0.1, 0.15) is 11.8 Å². The number of aliphatic carboxylic acids is 1. The molecule has 20 heavy (non-hydrogen) atoms. The number of carboxylic acids is 1. The molecule has 1 fully saturated rings. The number of rotatable bonds is 5. The van der Waals surface area contributed by atoms with Crippen LogP contribution in [0.15, 0.2) is 18.2 Å². The predicted molar refractivity (Wildman–Crippen MR) is 74.8 cm³/mol. The smallest absolute Gasteiger partial charge is 0.305 e.